The maximum absolute atomic E-state index is 11.6. The second-order valence-corrected chi connectivity index (χ2v) is 8.43. The van der Waals surface area contributed by atoms with Crippen LogP contribution in [0.4, 0.5) is 4.79 Å². The second kappa shape index (κ2) is 6.92. The number of carboxylic acid groups (broad SMARTS) is 1. The van der Waals surface area contributed by atoms with E-state index in [-0.39, 0.29) is 19.0 Å². The second-order valence-electron chi connectivity index (χ2n) is 5.78. The van der Waals surface area contributed by atoms with Crippen molar-refractivity contribution in [1.29, 1.82) is 0 Å². The number of nitrogens with one attached hydrogen (secondary N) is 2. The molecule has 0 saturated carbocycles. The van der Waals surface area contributed by atoms with Crippen molar-refractivity contribution in [2.45, 2.75) is 32.4 Å². The van der Waals surface area contributed by atoms with Crippen LogP contribution in [-0.4, -0.2) is 49.6 Å². The van der Waals surface area contributed by atoms with E-state index >= 15 is 0 Å². The van der Waals surface area contributed by atoms with Crippen LogP contribution in [0.25, 0.3) is 0 Å². The fourth-order valence-corrected chi connectivity index (χ4v) is 1.63. The Labute approximate surface area is 120 Å². The molecule has 0 aliphatic carbocycles. The Bertz CT molecular complexity index is 456. The van der Waals surface area contributed by atoms with Crippen molar-refractivity contribution < 1.29 is 23.1 Å². The van der Waals surface area contributed by atoms with Gasteiger partial charge in [0.2, 0.25) is 0 Å². The number of sulfone groups is 1. The molecule has 0 radical (unpaired) electrons. The molecule has 20 heavy (non-hydrogen) atoms. The summed E-state index contributed by atoms with van der Waals surface area (Å²) < 4.78 is 21.8. The Morgan fingerprint density at radius 2 is 1.70 bits per heavy atom. The normalized spacial score (nSPS) is 13.9. The highest BCUT2D eigenvalue weighted by Gasteiger charge is 2.30. The smallest absolute Gasteiger partial charge is 0.314 e. The molecule has 0 aromatic rings. The van der Waals surface area contributed by atoms with Crippen LogP contribution in [0.2, 0.25) is 0 Å². The molecule has 0 aliphatic rings. The molecule has 118 valence electrons. The van der Waals surface area contributed by atoms with Crippen molar-refractivity contribution in [3.8, 4) is 0 Å². The molecule has 2 amide bonds. The Morgan fingerprint density at radius 1 is 1.20 bits per heavy atom. The van der Waals surface area contributed by atoms with Gasteiger partial charge in [-0.15, -0.1) is 0 Å². The molecule has 8 heteroatoms. The van der Waals surface area contributed by atoms with E-state index in [2.05, 4.69) is 10.6 Å². The Kier molecular flexibility index (Phi) is 6.46. The number of urea groups is 1. The van der Waals surface area contributed by atoms with Gasteiger partial charge >= 0.3 is 12.0 Å². The minimum Gasteiger partial charge on any atom is -0.481 e. The van der Waals surface area contributed by atoms with E-state index in [1.807, 2.05) is 0 Å². The SMILES string of the molecule is CC(C)C(CNC(=O)NCC(C)(C)S(C)(=O)=O)C(=O)O. The molecular weight excluding hydrogens is 284 g/mol. The molecule has 1 atom stereocenters. The largest absolute Gasteiger partial charge is 0.481 e. The Balaban J connectivity index is 4.36. The first-order chi connectivity index (χ1) is 8.88. The summed E-state index contributed by atoms with van der Waals surface area (Å²) in [5.41, 5.74) is 0. The zero-order chi connectivity index (χ0) is 16.1. The average Bonchev–Trinajstić information content (AvgIpc) is 2.24. The number of hydrogen-bond donors (Lipinski definition) is 3. The molecule has 0 saturated heterocycles. The maximum atomic E-state index is 11.6. The van der Waals surface area contributed by atoms with Crippen molar-refractivity contribution in [3.63, 3.8) is 0 Å². The highest BCUT2D eigenvalue weighted by atomic mass is 32.2. The number of carboxylic acids is 1. The standard InChI is InChI=1S/C12H24N2O5S/c1-8(2)9(10(15)16)6-13-11(17)14-7-12(3,4)20(5,18)19/h8-9H,6-7H2,1-5H3,(H,15,16)(H2,13,14,17). The summed E-state index contributed by atoms with van der Waals surface area (Å²) in [5, 5.41) is 13.9. The topological polar surface area (TPSA) is 113 Å². The van der Waals surface area contributed by atoms with Crippen LogP contribution in [0.1, 0.15) is 27.7 Å². The maximum Gasteiger partial charge on any atom is 0.314 e. The summed E-state index contributed by atoms with van der Waals surface area (Å²) in [4.78, 5) is 22.5. The van der Waals surface area contributed by atoms with Gasteiger partial charge in [-0.25, -0.2) is 13.2 Å². The third kappa shape index (κ3) is 5.77. The van der Waals surface area contributed by atoms with Crippen LogP contribution < -0.4 is 10.6 Å². The minimum absolute atomic E-state index is 0.00185. The highest BCUT2D eigenvalue weighted by Crippen LogP contribution is 2.13. The lowest BCUT2D eigenvalue weighted by Gasteiger charge is -2.23. The third-order valence-electron chi connectivity index (χ3n) is 3.28. The van der Waals surface area contributed by atoms with Crippen LogP contribution in [0.15, 0.2) is 0 Å². The molecule has 1 unspecified atom stereocenters. The number of hydrogen-bond acceptors (Lipinski definition) is 4. The molecule has 0 aromatic carbocycles. The van der Waals surface area contributed by atoms with E-state index in [1.165, 1.54) is 13.8 Å². The van der Waals surface area contributed by atoms with E-state index in [0.29, 0.717) is 0 Å². The van der Waals surface area contributed by atoms with Crippen LogP contribution in [0.3, 0.4) is 0 Å². The first kappa shape index (κ1) is 18.7. The van der Waals surface area contributed by atoms with E-state index < -0.39 is 32.5 Å². The summed E-state index contributed by atoms with van der Waals surface area (Å²) in [6.45, 7) is 6.49. The molecule has 0 fully saturated rings. The lowest BCUT2D eigenvalue weighted by atomic mass is 9.96. The monoisotopic (exact) mass is 308 g/mol. The third-order valence-corrected chi connectivity index (χ3v) is 5.43. The fraction of sp³-hybridized carbons (Fsp3) is 0.833. The number of aliphatic carboxylic acids is 1. The minimum atomic E-state index is -3.29. The van der Waals surface area contributed by atoms with Crippen LogP contribution in [-0.2, 0) is 14.6 Å². The first-order valence-corrected chi connectivity index (χ1v) is 8.21. The number of carbonyl (C=O) groups excluding carboxylic acids is 1. The molecule has 0 aliphatic heterocycles. The number of rotatable bonds is 7. The first-order valence-electron chi connectivity index (χ1n) is 6.32. The van der Waals surface area contributed by atoms with Gasteiger partial charge in [-0.1, -0.05) is 13.8 Å². The van der Waals surface area contributed by atoms with Crippen molar-refractivity contribution in [1.82, 2.24) is 10.6 Å². The summed E-state index contributed by atoms with van der Waals surface area (Å²) in [6, 6.07) is -0.575. The van der Waals surface area contributed by atoms with E-state index in [1.54, 1.807) is 13.8 Å². The predicted molar refractivity (Wildman–Crippen MR) is 76.3 cm³/mol. The fourth-order valence-electron chi connectivity index (χ4n) is 1.30. The van der Waals surface area contributed by atoms with Gasteiger partial charge in [0.15, 0.2) is 9.84 Å². The Hall–Kier alpha value is -1.31. The number of carbonyl (C=O) groups is 2. The van der Waals surface area contributed by atoms with Gasteiger partial charge in [-0.3, -0.25) is 4.79 Å². The Morgan fingerprint density at radius 3 is 2.05 bits per heavy atom. The molecule has 0 rings (SSSR count). The van der Waals surface area contributed by atoms with Gasteiger partial charge in [0.1, 0.15) is 0 Å². The van der Waals surface area contributed by atoms with Crippen molar-refractivity contribution in [2.75, 3.05) is 19.3 Å². The molecule has 7 nitrogen and oxygen atoms in total. The van der Waals surface area contributed by atoms with E-state index in [9.17, 15) is 18.0 Å². The van der Waals surface area contributed by atoms with Crippen LogP contribution in [0, 0.1) is 11.8 Å². The molecular formula is C12H24N2O5S. The summed E-state index contributed by atoms with van der Waals surface area (Å²) in [7, 11) is -3.29. The summed E-state index contributed by atoms with van der Waals surface area (Å²) in [5.74, 6) is -1.76. The molecule has 0 spiro atoms. The zero-order valence-electron chi connectivity index (χ0n) is 12.6. The van der Waals surface area contributed by atoms with Gasteiger partial charge in [0, 0.05) is 19.3 Å². The lowest BCUT2D eigenvalue weighted by Crippen LogP contribution is -2.48. The van der Waals surface area contributed by atoms with Crippen LogP contribution >= 0.6 is 0 Å². The molecule has 0 heterocycles. The van der Waals surface area contributed by atoms with Gasteiger partial charge < -0.3 is 15.7 Å². The van der Waals surface area contributed by atoms with Crippen LogP contribution in [0.5, 0.6) is 0 Å². The summed E-state index contributed by atoms with van der Waals surface area (Å²) >= 11 is 0. The van der Waals surface area contributed by atoms with Crippen molar-refractivity contribution in [3.05, 3.63) is 0 Å². The highest BCUT2D eigenvalue weighted by molar-refractivity contribution is 7.92. The molecule has 0 aromatic heterocycles. The van der Waals surface area contributed by atoms with E-state index in [0.717, 1.165) is 6.26 Å². The summed E-state index contributed by atoms with van der Waals surface area (Å²) in [6.07, 6.45) is 1.10. The van der Waals surface area contributed by atoms with Gasteiger partial charge in [0.25, 0.3) is 0 Å². The molecule has 0 bridgehead atoms. The van der Waals surface area contributed by atoms with Gasteiger partial charge in [0.05, 0.1) is 10.7 Å². The molecule has 3 N–H and O–H groups in total. The predicted octanol–water partition coefficient (Wildman–Crippen LogP) is 0.466. The number of amides is 2. The van der Waals surface area contributed by atoms with Gasteiger partial charge in [-0.2, -0.15) is 0 Å². The zero-order valence-corrected chi connectivity index (χ0v) is 13.4. The van der Waals surface area contributed by atoms with E-state index in [4.69, 9.17) is 5.11 Å². The quantitative estimate of drug-likeness (QED) is 0.632. The average molecular weight is 308 g/mol. The van der Waals surface area contributed by atoms with Gasteiger partial charge in [-0.05, 0) is 19.8 Å². The van der Waals surface area contributed by atoms with Crippen molar-refractivity contribution in [2.24, 2.45) is 11.8 Å². The lowest BCUT2D eigenvalue weighted by molar-refractivity contribution is -0.142. The van der Waals surface area contributed by atoms with Crippen molar-refractivity contribution >= 4 is 21.8 Å².